The lowest BCUT2D eigenvalue weighted by molar-refractivity contribution is -0.141. The zero-order chi connectivity index (χ0) is 27.9. The van der Waals surface area contributed by atoms with Crippen molar-refractivity contribution in [3.8, 4) is 11.1 Å². The number of aromatic nitrogens is 3. The van der Waals surface area contributed by atoms with Gasteiger partial charge in [-0.3, -0.25) is 24.3 Å². The van der Waals surface area contributed by atoms with Crippen molar-refractivity contribution in [3.63, 3.8) is 0 Å². The summed E-state index contributed by atoms with van der Waals surface area (Å²) in [5.74, 6) is -7.89. The summed E-state index contributed by atoms with van der Waals surface area (Å²) in [4.78, 5) is 51.0. The van der Waals surface area contributed by atoms with Crippen LogP contribution in [0.15, 0.2) is 53.6 Å². The van der Waals surface area contributed by atoms with E-state index in [1.165, 1.54) is 36.5 Å². The first-order chi connectivity index (χ1) is 17.8. The first kappa shape index (κ1) is 29.2. The van der Waals surface area contributed by atoms with Gasteiger partial charge in [0.1, 0.15) is 16.4 Å². The molecule has 15 heteroatoms. The molecule has 2 aromatic heterocycles. The number of benzene rings is 2. The maximum absolute atomic E-state index is 14.9. The number of nitrogens with zero attached hydrogens (tertiary/aromatic N) is 2. The lowest BCUT2D eigenvalue weighted by Crippen LogP contribution is -2.42. The van der Waals surface area contributed by atoms with E-state index in [2.05, 4.69) is 15.2 Å². The highest BCUT2D eigenvalue weighted by Gasteiger charge is 2.29. The summed E-state index contributed by atoms with van der Waals surface area (Å²) >= 11 is 0. The van der Waals surface area contributed by atoms with Crippen molar-refractivity contribution in [1.29, 1.82) is 0 Å². The number of H-pyrrole nitrogens is 1. The SMILES string of the molecule is CS(=O)(=O)c1c(F)ccc(C(=O)c2[nH]nc3ncc(-c4ccc(C(=O)C(=O)[C@H](N)C(=O)O)cc4)cc23)c1F.Cl. The maximum Gasteiger partial charge on any atom is 0.328 e. The van der Waals surface area contributed by atoms with E-state index in [0.717, 1.165) is 6.07 Å². The summed E-state index contributed by atoms with van der Waals surface area (Å²) in [5, 5.41) is 15.3. The van der Waals surface area contributed by atoms with E-state index in [-0.39, 0.29) is 34.7 Å². The molecule has 0 unspecified atom stereocenters. The van der Waals surface area contributed by atoms with Gasteiger partial charge in [0.05, 0.1) is 10.9 Å². The van der Waals surface area contributed by atoms with Crippen LogP contribution in [0.3, 0.4) is 0 Å². The number of halogens is 3. The average Bonchev–Trinajstić information content (AvgIpc) is 3.29. The van der Waals surface area contributed by atoms with Crippen LogP contribution in [0.4, 0.5) is 8.78 Å². The third-order valence-electron chi connectivity index (χ3n) is 5.55. The summed E-state index contributed by atoms with van der Waals surface area (Å²) < 4.78 is 52.5. The van der Waals surface area contributed by atoms with Gasteiger partial charge in [-0.1, -0.05) is 24.3 Å². The van der Waals surface area contributed by atoms with Gasteiger partial charge in [0.2, 0.25) is 17.3 Å². The number of aromatic amines is 1. The molecule has 1 atom stereocenters. The standard InChI is InChI=1S/C24H16F2N4O7S.ClH/c1-38(36,37)22-15(25)7-6-13(16(22)26)20(32)18-14-8-12(9-28-23(14)30-29-18)10-2-4-11(5-3-10)19(31)21(33)17(27)24(34)35;/h2-9,17H,27H2,1H3,(H,34,35)(H,28,29,30);1H/t17-;/m0./s1. The number of carbonyl (C=O) groups is 4. The highest BCUT2D eigenvalue weighted by Crippen LogP contribution is 2.28. The number of nitrogens with one attached hydrogen (secondary N) is 1. The Hall–Kier alpha value is -4.40. The molecule has 11 nitrogen and oxygen atoms in total. The van der Waals surface area contributed by atoms with Crippen molar-refractivity contribution in [2.75, 3.05) is 6.26 Å². The van der Waals surface area contributed by atoms with E-state index >= 15 is 0 Å². The molecule has 4 rings (SSSR count). The van der Waals surface area contributed by atoms with Gasteiger partial charge in [-0.05, 0) is 23.8 Å². The Balaban J connectivity index is 0.00000420. The molecule has 4 N–H and O–H groups in total. The molecule has 202 valence electrons. The van der Waals surface area contributed by atoms with E-state index in [9.17, 15) is 36.4 Å². The van der Waals surface area contributed by atoms with Crippen LogP contribution in [-0.2, 0) is 19.4 Å². The van der Waals surface area contributed by atoms with E-state index in [0.29, 0.717) is 23.4 Å². The van der Waals surface area contributed by atoms with Crippen molar-refractivity contribution < 1.29 is 41.5 Å². The number of pyridine rings is 1. The van der Waals surface area contributed by atoms with Gasteiger partial charge in [-0.2, -0.15) is 5.10 Å². The molecule has 0 spiro atoms. The Kier molecular flexibility index (Phi) is 8.05. The molecular formula is C24H17ClF2N4O7S. The number of rotatable bonds is 8. The molecule has 4 aromatic rings. The fraction of sp³-hybridized carbons (Fsp3) is 0.0833. The first-order valence-electron chi connectivity index (χ1n) is 10.6. The molecule has 0 aliphatic carbocycles. The molecule has 0 saturated heterocycles. The molecule has 2 aromatic carbocycles. The Morgan fingerprint density at radius 2 is 1.67 bits per heavy atom. The van der Waals surface area contributed by atoms with Gasteiger partial charge in [-0.15, -0.1) is 12.4 Å². The second-order valence-electron chi connectivity index (χ2n) is 8.12. The minimum Gasteiger partial charge on any atom is -0.480 e. The van der Waals surface area contributed by atoms with Gasteiger partial charge in [0.25, 0.3) is 0 Å². The maximum atomic E-state index is 14.9. The third kappa shape index (κ3) is 5.43. The summed E-state index contributed by atoms with van der Waals surface area (Å²) in [6.07, 6.45) is 2.00. The molecule has 0 aliphatic heterocycles. The number of Topliss-reactive ketones (excluding diaryl/α,β-unsaturated/α-hetero) is 2. The largest absolute Gasteiger partial charge is 0.480 e. The number of ketones is 3. The quantitative estimate of drug-likeness (QED) is 0.158. The van der Waals surface area contributed by atoms with E-state index < -0.39 is 61.3 Å². The van der Waals surface area contributed by atoms with Crippen molar-refractivity contribution in [1.82, 2.24) is 15.2 Å². The van der Waals surface area contributed by atoms with Gasteiger partial charge in [0.15, 0.2) is 27.3 Å². The summed E-state index contributed by atoms with van der Waals surface area (Å²) in [5.41, 5.74) is 5.12. The summed E-state index contributed by atoms with van der Waals surface area (Å²) in [7, 11) is -4.32. The number of fused-ring (bicyclic) bond motifs is 1. The molecular weight excluding hydrogens is 562 g/mol. The fourth-order valence-electron chi connectivity index (χ4n) is 3.62. The second kappa shape index (κ2) is 10.8. The predicted molar refractivity (Wildman–Crippen MR) is 134 cm³/mol. The predicted octanol–water partition coefficient (Wildman–Crippen LogP) is 2.12. The number of nitrogens with two attached hydrogens (primary N) is 1. The molecule has 0 amide bonds. The lowest BCUT2D eigenvalue weighted by Gasteiger charge is -2.08. The van der Waals surface area contributed by atoms with Crippen LogP contribution in [0, 0.1) is 11.6 Å². The van der Waals surface area contributed by atoms with Crippen molar-refractivity contribution >= 4 is 56.6 Å². The molecule has 2 heterocycles. The van der Waals surface area contributed by atoms with E-state index in [1.54, 1.807) is 0 Å². The topological polar surface area (TPSA) is 190 Å². The van der Waals surface area contributed by atoms with Crippen molar-refractivity contribution in [2.45, 2.75) is 10.9 Å². The summed E-state index contributed by atoms with van der Waals surface area (Å²) in [6.45, 7) is 0. The van der Waals surface area contributed by atoms with Crippen molar-refractivity contribution in [2.24, 2.45) is 5.73 Å². The smallest absolute Gasteiger partial charge is 0.328 e. The Bertz CT molecular complexity index is 1770. The van der Waals surface area contributed by atoms with Gasteiger partial charge in [-0.25, -0.2) is 22.2 Å². The molecule has 0 aliphatic rings. The molecule has 0 bridgehead atoms. The average molecular weight is 579 g/mol. The van der Waals surface area contributed by atoms with Gasteiger partial charge >= 0.3 is 5.97 Å². The Morgan fingerprint density at radius 1 is 1.03 bits per heavy atom. The Labute approximate surface area is 224 Å². The van der Waals surface area contributed by atoms with Crippen LogP contribution in [-0.4, -0.2) is 64.3 Å². The van der Waals surface area contributed by atoms with Crippen LogP contribution >= 0.6 is 12.4 Å². The lowest BCUT2D eigenvalue weighted by atomic mass is 9.99. The Morgan fingerprint density at radius 3 is 2.26 bits per heavy atom. The van der Waals surface area contributed by atoms with Crippen LogP contribution < -0.4 is 5.73 Å². The number of carbonyl (C=O) groups excluding carboxylic acids is 3. The van der Waals surface area contributed by atoms with Crippen LogP contribution in [0.2, 0.25) is 0 Å². The highest BCUT2D eigenvalue weighted by atomic mass is 35.5. The number of hydrogen-bond donors (Lipinski definition) is 3. The number of hydrogen-bond acceptors (Lipinski definition) is 9. The molecule has 39 heavy (non-hydrogen) atoms. The van der Waals surface area contributed by atoms with Gasteiger partial charge in [0, 0.05) is 23.6 Å². The van der Waals surface area contributed by atoms with Crippen LogP contribution in [0.5, 0.6) is 0 Å². The fourth-order valence-corrected chi connectivity index (χ4v) is 4.48. The third-order valence-corrected chi connectivity index (χ3v) is 6.67. The number of carboxylic acids is 1. The monoisotopic (exact) mass is 578 g/mol. The van der Waals surface area contributed by atoms with Gasteiger partial charge < -0.3 is 10.8 Å². The normalized spacial score (nSPS) is 12.0. The van der Waals surface area contributed by atoms with Crippen LogP contribution in [0.1, 0.15) is 26.4 Å². The number of sulfone groups is 1. The van der Waals surface area contributed by atoms with Crippen molar-refractivity contribution in [3.05, 3.63) is 77.1 Å². The zero-order valence-corrected chi connectivity index (χ0v) is 21.3. The first-order valence-corrected chi connectivity index (χ1v) is 12.4. The van der Waals surface area contributed by atoms with E-state index in [4.69, 9.17) is 10.8 Å². The molecule has 0 saturated carbocycles. The molecule has 0 fully saturated rings. The van der Waals surface area contributed by atoms with E-state index in [1.807, 2.05) is 0 Å². The summed E-state index contributed by atoms with van der Waals surface area (Å²) in [6, 6.07) is 6.40. The minimum atomic E-state index is -4.32. The van der Waals surface area contributed by atoms with Crippen LogP contribution in [0.25, 0.3) is 22.2 Å². The number of aliphatic carboxylic acids is 1. The molecule has 0 radical (unpaired) electrons. The minimum absolute atomic E-state index is 0. The highest BCUT2D eigenvalue weighted by molar-refractivity contribution is 7.90. The zero-order valence-electron chi connectivity index (χ0n) is 19.6. The second-order valence-corrected chi connectivity index (χ2v) is 10.1. The number of carboxylic acid groups (broad SMARTS) is 1.